The van der Waals surface area contributed by atoms with E-state index in [2.05, 4.69) is 25.3 Å². The third kappa shape index (κ3) is 5.42. The van der Waals surface area contributed by atoms with Crippen molar-refractivity contribution in [3.63, 3.8) is 0 Å². The van der Waals surface area contributed by atoms with Gasteiger partial charge in [-0.25, -0.2) is 21.9 Å². The van der Waals surface area contributed by atoms with Crippen LogP contribution in [0.2, 0.25) is 0 Å². The van der Waals surface area contributed by atoms with E-state index in [4.69, 9.17) is 0 Å². The number of rotatable bonds is 7. The van der Waals surface area contributed by atoms with Crippen LogP contribution in [0.5, 0.6) is 0 Å². The van der Waals surface area contributed by atoms with Crippen LogP contribution in [0.4, 0.5) is 14.5 Å². The fraction of sp³-hybridized carbons (Fsp3) is 0.368. The van der Waals surface area contributed by atoms with E-state index in [-0.39, 0.29) is 23.2 Å². The molecule has 1 saturated heterocycles. The number of halogens is 2. The SMILES string of the molecule is CN=C(NCCNS(=O)(=O)c1cccnc1)NC1CCN(c2c(F)cccc2F)C1. The number of sulfonamides is 1. The minimum absolute atomic E-state index is 0.0189. The number of hydrogen-bond acceptors (Lipinski definition) is 5. The number of benzene rings is 1. The fourth-order valence-corrected chi connectivity index (χ4v) is 4.21. The summed E-state index contributed by atoms with van der Waals surface area (Å²) < 4.78 is 54.8. The molecule has 162 valence electrons. The second kappa shape index (κ2) is 9.81. The summed E-state index contributed by atoms with van der Waals surface area (Å²) >= 11 is 0. The summed E-state index contributed by atoms with van der Waals surface area (Å²) in [6, 6.07) is 6.79. The summed E-state index contributed by atoms with van der Waals surface area (Å²) in [4.78, 5) is 9.68. The zero-order valence-corrected chi connectivity index (χ0v) is 17.3. The van der Waals surface area contributed by atoms with E-state index in [9.17, 15) is 17.2 Å². The maximum atomic E-state index is 14.0. The van der Waals surface area contributed by atoms with E-state index < -0.39 is 21.7 Å². The lowest BCUT2D eigenvalue weighted by atomic mass is 10.2. The van der Waals surface area contributed by atoms with Crippen molar-refractivity contribution in [3.05, 3.63) is 54.4 Å². The standard InChI is InChI=1S/C19H24F2N6O2S/c1-22-19(24-9-10-25-30(28,29)15-4-3-8-23-12-15)26-14-7-11-27(13-14)18-16(20)5-2-6-17(18)21/h2-6,8,12,14,25H,7,9-11,13H2,1H3,(H2,22,24,26). The maximum Gasteiger partial charge on any atom is 0.242 e. The number of anilines is 1. The number of nitrogens with one attached hydrogen (secondary N) is 3. The smallest absolute Gasteiger partial charge is 0.242 e. The van der Waals surface area contributed by atoms with Crippen LogP contribution >= 0.6 is 0 Å². The Kier molecular flexibility index (Phi) is 7.16. The van der Waals surface area contributed by atoms with E-state index in [1.165, 1.54) is 36.7 Å². The molecule has 1 fully saturated rings. The Morgan fingerprint density at radius 2 is 2.00 bits per heavy atom. The third-order valence-electron chi connectivity index (χ3n) is 4.66. The summed E-state index contributed by atoms with van der Waals surface area (Å²) in [6.45, 7) is 1.39. The van der Waals surface area contributed by atoms with E-state index in [0.717, 1.165) is 0 Å². The summed E-state index contributed by atoms with van der Waals surface area (Å²) in [5.41, 5.74) is -0.0189. The molecule has 0 aliphatic carbocycles. The Balaban J connectivity index is 1.46. The Hall–Kier alpha value is -2.79. The van der Waals surface area contributed by atoms with Gasteiger partial charge in [-0.3, -0.25) is 9.98 Å². The van der Waals surface area contributed by atoms with Crippen molar-refractivity contribution < 1.29 is 17.2 Å². The molecule has 11 heteroatoms. The highest BCUT2D eigenvalue weighted by Gasteiger charge is 2.27. The minimum atomic E-state index is -3.62. The Morgan fingerprint density at radius 1 is 1.23 bits per heavy atom. The summed E-state index contributed by atoms with van der Waals surface area (Å²) in [5, 5.41) is 6.23. The lowest BCUT2D eigenvalue weighted by Gasteiger charge is -2.21. The van der Waals surface area contributed by atoms with E-state index in [0.29, 0.717) is 32.0 Å². The van der Waals surface area contributed by atoms with Gasteiger partial charge in [-0.2, -0.15) is 0 Å². The van der Waals surface area contributed by atoms with Crippen LogP contribution in [-0.2, 0) is 10.0 Å². The van der Waals surface area contributed by atoms with Gasteiger partial charge in [-0.15, -0.1) is 0 Å². The van der Waals surface area contributed by atoms with Gasteiger partial charge in [0.2, 0.25) is 10.0 Å². The van der Waals surface area contributed by atoms with Gasteiger partial charge in [-0.1, -0.05) is 6.07 Å². The number of guanidine groups is 1. The van der Waals surface area contributed by atoms with Gasteiger partial charge in [-0.05, 0) is 30.7 Å². The number of pyridine rings is 1. The van der Waals surface area contributed by atoms with Gasteiger partial charge in [0, 0.05) is 51.7 Å². The molecule has 30 heavy (non-hydrogen) atoms. The predicted molar refractivity (Wildman–Crippen MR) is 111 cm³/mol. The molecule has 2 aromatic rings. The zero-order chi connectivity index (χ0) is 21.6. The van der Waals surface area contributed by atoms with Crippen LogP contribution in [0.15, 0.2) is 52.6 Å². The van der Waals surface area contributed by atoms with Crippen molar-refractivity contribution in [2.24, 2.45) is 4.99 Å². The predicted octanol–water partition coefficient (Wildman–Crippen LogP) is 1.08. The molecule has 1 aliphatic heterocycles. The Bertz CT molecular complexity index is 968. The van der Waals surface area contributed by atoms with Crippen molar-refractivity contribution in [2.75, 3.05) is 38.1 Å². The van der Waals surface area contributed by atoms with E-state index in [1.807, 2.05) is 0 Å². The van der Waals surface area contributed by atoms with Crippen molar-refractivity contribution in [1.82, 2.24) is 20.3 Å². The van der Waals surface area contributed by atoms with Gasteiger partial charge in [0.05, 0.1) is 0 Å². The van der Waals surface area contributed by atoms with E-state index >= 15 is 0 Å². The summed E-state index contributed by atoms with van der Waals surface area (Å²) in [5.74, 6) is -0.686. The lowest BCUT2D eigenvalue weighted by Crippen LogP contribution is -2.46. The molecule has 2 heterocycles. The lowest BCUT2D eigenvalue weighted by molar-refractivity contribution is 0.574. The van der Waals surface area contributed by atoms with Crippen molar-refractivity contribution in [1.29, 1.82) is 0 Å². The molecule has 0 amide bonds. The first kappa shape index (κ1) is 21.9. The monoisotopic (exact) mass is 438 g/mol. The molecule has 1 atom stereocenters. The normalized spacial score (nSPS) is 17.2. The second-order valence-electron chi connectivity index (χ2n) is 6.73. The highest BCUT2D eigenvalue weighted by Crippen LogP contribution is 2.26. The second-order valence-corrected chi connectivity index (χ2v) is 8.50. The summed E-state index contributed by atoms with van der Waals surface area (Å²) in [6.07, 6.45) is 3.46. The number of hydrogen-bond donors (Lipinski definition) is 3. The molecular weight excluding hydrogens is 414 g/mol. The number of aliphatic imine (C=N–C) groups is 1. The first-order valence-electron chi connectivity index (χ1n) is 9.46. The van der Waals surface area contributed by atoms with Crippen LogP contribution < -0.4 is 20.3 Å². The molecule has 0 radical (unpaired) electrons. The average molecular weight is 439 g/mol. The van der Waals surface area contributed by atoms with Gasteiger partial charge < -0.3 is 15.5 Å². The topological polar surface area (TPSA) is 98.7 Å². The van der Waals surface area contributed by atoms with Crippen LogP contribution in [-0.4, -0.2) is 58.6 Å². The van der Waals surface area contributed by atoms with Gasteiger partial charge in [0.1, 0.15) is 22.2 Å². The summed E-state index contributed by atoms with van der Waals surface area (Å²) in [7, 11) is -2.03. The number of nitrogens with zero attached hydrogens (tertiary/aromatic N) is 3. The first-order valence-corrected chi connectivity index (χ1v) is 10.9. The van der Waals surface area contributed by atoms with Gasteiger partial charge in [0.15, 0.2) is 5.96 Å². The van der Waals surface area contributed by atoms with Crippen molar-refractivity contribution >= 4 is 21.7 Å². The molecule has 8 nitrogen and oxygen atoms in total. The molecule has 0 spiro atoms. The highest BCUT2D eigenvalue weighted by molar-refractivity contribution is 7.89. The first-order chi connectivity index (χ1) is 14.4. The minimum Gasteiger partial charge on any atom is -0.365 e. The largest absolute Gasteiger partial charge is 0.365 e. The van der Waals surface area contributed by atoms with Crippen LogP contribution in [0, 0.1) is 11.6 Å². The van der Waals surface area contributed by atoms with Crippen LogP contribution in [0.1, 0.15) is 6.42 Å². The quantitative estimate of drug-likeness (QED) is 0.340. The van der Waals surface area contributed by atoms with Crippen LogP contribution in [0.25, 0.3) is 0 Å². The van der Waals surface area contributed by atoms with E-state index in [1.54, 1.807) is 18.0 Å². The fourth-order valence-electron chi connectivity index (χ4n) is 3.22. The molecule has 1 aromatic heterocycles. The average Bonchev–Trinajstić information content (AvgIpc) is 3.19. The maximum absolute atomic E-state index is 14.0. The Morgan fingerprint density at radius 3 is 2.67 bits per heavy atom. The molecule has 1 aromatic carbocycles. The molecule has 3 rings (SSSR count). The number of aromatic nitrogens is 1. The molecule has 0 bridgehead atoms. The molecule has 1 aliphatic rings. The van der Waals surface area contributed by atoms with Crippen molar-refractivity contribution in [2.45, 2.75) is 17.4 Å². The third-order valence-corrected chi connectivity index (χ3v) is 6.11. The zero-order valence-electron chi connectivity index (χ0n) is 16.5. The molecular formula is C19H24F2N6O2S. The van der Waals surface area contributed by atoms with Gasteiger partial charge >= 0.3 is 0 Å². The van der Waals surface area contributed by atoms with Crippen molar-refractivity contribution in [3.8, 4) is 0 Å². The highest BCUT2D eigenvalue weighted by atomic mass is 32.2. The van der Waals surface area contributed by atoms with Gasteiger partial charge in [0.25, 0.3) is 0 Å². The van der Waals surface area contributed by atoms with Crippen LogP contribution in [0.3, 0.4) is 0 Å². The Labute approximate surface area is 174 Å². The molecule has 3 N–H and O–H groups in total. The molecule has 0 saturated carbocycles. The number of para-hydroxylation sites is 1. The molecule has 1 unspecified atom stereocenters.